The molecule has 0 aromatic heterocycles. The molecule has 0 atom stereocenters. The van der Waals surface area contributed by atoms with E-state index < -0.39 is 0 Å². The van der Waals surface area contributed by atoms with Crippen molar-refractivity contribution in [2.24, 2.45) is 0 Å². The molecule has 200 valence electrons. The summed E-state index contributed by atoms with van der Waals surface area (Å²) in [4.78, 5) is 12.7. The average Bonchev–Trinajstić information content (AvgIpc) is 2.94. The molecule has 0 aliphatic rings. The van der Waals surface area contributed by atoms with Crippen LogP contribution in [0.4, 0.5) is 5.69 Å². The van der Waals surface area contributed by atoms with Crippen LogP contribution in [-0.4, -0.2) is 48.4 Å². The standard InChI is InChI=1S/C29H30BrNO7/c1-33-24-10-9-20(17-25(24)34-2)23(32)11-12-31-22-14-18(13-21(30)28(22)37-5)7-8-19-15-26(35-3)29(38-6)27(16-19)36-4/h7-17,31H,1-6H3. The van der Waals surface area contributed by atoms with Gasteiger partial charge in [0.25, 0.3) is 0 Å². The van der Waals surface area contributed by atoms with E-state index in [9.17, 15) is 4.79 Å². The number of benzene rings is 3. The summed E-state index contributed by atoms with van der Waals surface area (Å²) in [6.45, 7) is 0. The molecule has 0 heterocycles. The smallest absolute Gasteiger partial charge is 0.203 e. The number of carbonyl (C=O) groups is 1. The summed E-state index contributed by atoms with van der Waals surface area (Å²) in [5, 5.41) is 3.14. The second-order valence-corrected chi connectivity index (χ2v) is 8.64. The predicted molar refractivity (Wildman–Crippen MR) is 152 cm³/mol. The van der Waals surface area contributed by atoms with Crippen molar-refractivity contribution in [3.63, 3.8) is 0 Å². The topological polar surface area (TPSA) is 84.5 Å². The number of hydrogen-bond donors (Lipinski definition) is 1. The molecule has 0 aliphatic heterocycles. The molecule has 1 N–H and O–H groups in total. The van der Waals surface area contributed by atoms with E-state index in [-0.39, 0.29) is 5.78 Å². The van der Waals surface area contributed by atoms with Gasteiger partial charge < -0.3 is 33.7 Å². The van der Waals surface area contributed by atoms with Gasteiger partial charge in [0, 0.05) is 17.8 Å². The van der Waals surface area contributed by atoms with Gasteiger partial charge in [-0.3, -0.25) is 4.79 Å². The molecule has 0 fully saturated rings. The number of anilines is 1. The average molecular weight is 584 g/mol. The second kappa shape index (κ2) is 13.4. The Balaban J connectivity index is 1.84. The van der Waals surface area contributed by atoms with Crippen LogP contribution in [0.15, 0.2) is 59.2 Å². The minimum Gasteiger partial charge on any atom is -0.493 e. The molecule has 0 saturated heterocycles. The van der Waals surface area contributed by atoms with Crippen LogP contribution in [-0.2, 0) is 0 Å². The summed E-state index contributed by atoms with van der Waals surface area (Å²) in [5.74, 6) is 3.09. The first-order valence-corrected chi connectivity index (χ1v) is 12.2. The van der Waals surface area contributed by atoms with Crippen LogP contribution >= 0.6 is 15.9 Å². The van der Waals surface area contributed by atoms with Gasteiger partial charge in [-0.05, 0) is 69.5 Å². The number of rotatable bonds is 12. The maximum atomic E-state index is 12.7. The van der Waals surface area contributed by atoms with E-state index in [1.807, 2.05) is 36.4 Å². The Morgan fingerprint density at radius 1 is 0.684 bits per heavy atom. The molecular formula is C29H30BrNO7. The molecule has 3 aromatic rings. The number of nitrogens with one attached hydrogen (secondary N) is 1. The predicted octanol–water partition coefficient (Wildman–Crippen LogP) is 6.48. The van der Waals surface area contributed by atoms with Gasteiger partial charge in [0.15, 0.2) is 34.5 Å². The maximum Gasteiger partial charge on any atom is 0.203 e. The van der Waals surface area contributed by atoms with Gasteiger partial charge in [-0.2, -0.15) is 0 Å². The third-order valence-corrected chi connectivity index (χ3v) is 6.16. The van der Waals surface area contributed by atoms with Crippen molar-refractivity contribution in [3.05, 3.63) is 75.9 Å². The van der Waals surface area contributed by atoms with Crippen LogP contribution in [0.5, 0.6) is 34.5 Å². The normalized spacial score (nSPS) is 10.9. The quantitative estimate of drug-likeness (QED) is 0.147. The molecule has 0 spiro atoms. The van der Waals surface area contributed by atoms with Crippen LogP contribution in [0.25, 0.3) is 12.2 Å². The SMILES string of the molecule is COc1ccc(C(=O)C=CNc2cc(C=Cc3cc(OC)c(OC)c(OC)c3)cc(Br)c2OC)cc1OC. The van der Waals surface area contributed by atoms with Gasteiger partial charge >= 0.3 is 0 Å². The lowest BCUT2D eigenvalue weighted by Crippen LogP contribution is -2.00. The minimum atomic E-state index is -0.199. The highest BCUT2D eigenvalue weighted by molar-refractivity contribution is 9.10. The van der Waals surface area contributed by atoms with Crippen molar-refractivity contribution >= 4 is 39.6 Å². The molecule has 0 aliphatic carbocycles. The highest BCUT2D eigenvalue weighted by atomic mass is 79.9. The van der Waals surface area contributed by atoms with Gasteiger partial charge in [0.05, 0.1) is 52.8 Å². The Bertz CT molecular complexity index is 1330. The fourth-order valence-corrected chi connectivity index (χ4v) is 4.35. The molecule has 0 amide bonds. The molecular weight excluding hydrogens is 554 g/mol. The minimum absolute atomic E-state index is 0.199. The van der Waals surface area contributed by atoms with E-state index in [2.05, 4.69) is 21.2 Å². The molecule has 38 heavy (non-hydrogen) atoms. The molecule has 0 radical (unpaired) electrons. The Hall–Kier alpha value is -4.11. The van der Waals surface area contributed by atoms with Crippen LogP contribution in [0.3, 0.4) is 0 Å². The van der Waals surface area contributed by atoms with E-state index in [4.69, 9.17) is 28.4 Å². The first-order chi connectivity index (χ1) is 18.4. The first-order valence-electron chi connectivity index (χ1n) is 11.4. The van der Waals surface area contributed by atoms with Crippen molar-refractivity contribution in [2.75, 3.05) is 48.0 Å². The highest BCUT2D eigenvalue weighted by Crippen LogP contribution is 2.39. The molecule has 8 nitrogen and oxygen atoms in total. The molecule has 3 rings (SSSR count). The number of halogens is 1. The Kier molecular flexibility index (Phi) is 10.1. The largest absolute Gasteiger partial charge is 0.493 e. The van der Waals surface area contributed by atoms with E-state index >= 15 is 0 Å². The van der Waals surface area contributed by atoms with E-state index in [1.54, 1.807) is 59.9 Å². The van der Waals surface area contributed by atoms with Gasteiger partial charge in [-0.1, -0.05) is 12.2 Å². The fraction of sp³-hybridized carbons (Fsp3) is 0.207. The third kappa shape index (κ3) is 6.60. The molecule has 9 heteroatoms. The van der Waals surface area contributed by atoms with Gasteiger partial charge in [0.1, 0.15) is 0 Å². The first kappa shape index (κ1) is 28.5. The van der Waals surface area contributed by atoms with E-state index in [0.717, 1.165) is 15.6 Å². The summed E-state index contributed by atoms with van der Waals surface area (Å²) < 4.78 is 33.1. The lowest BCUT2D eigenvalue weighted by molar-refractivity contribution is 0.104. The molecule has 0 bridgehead atoms. The zero-order valence-corrected chi connectivity index (χ0v) is 23.7. The molecule has 0 saturated carbocycles. The van der Waals surface area contributed by atoms with Crippen LogP contribution in [0.1, 0.15) is 21.5 Å². The number of carbonyl (C=O) groups excluding carboxylic acids is 1. The Morgan fingerprint density at radius 2 is 1.26 bits per heavy atom. The van der Waals surface area contributed by atoms with E-state index in [0.29, 0.717) is 45.7 Å². The number of hydrogen-bond acceptors (Lipinski definition) is 8. The van der Waals surface area contributed by atoms with Crippen LogP contribution in [0.2, 0.25) is 0 Å². The van der Waals surface area contributed by atoms with E-state index in [1.165, 1.54) is 13.2 Å². The molecule has 3 aromatic carbocycles. The third-order valence-electron chi connectivity index (χ3n) is 5.57. The van der Waals surface area contributed by atoms with Crippen molar-refractivity contribution in [3.8, 4) is 34.5 Å². The van der Waals surface area contributed by atoms with Gasteiger partial charge in [-0.25, -0.2) is 0 Å². The Labute approximate surface area is 230 Å². The van der Waals surface area contributed by atoms with Gasteiger partial charge in [0.2, 0.25) is 5.75 Å². The summed E-state index contributed by atoms with van der Waals surface area (Å²) >= 11 is 3.56. The summed E-state index contributed by atoms with van der Waals surface area (Å²) in [6.07, 6.45) is 6.87. The van der Waals surface area contributed by atoms with Crippen molar-refractivity contribution in [2.45, 2.75) is 0 Å². The maximum absolute atomic E-state index is 12.7. The van der Waals surface area contributed by atoms with Crippen molar-refractivity contribution in [1.29, 1.82) is 0 Å². The van der Waals surface area contributed by atoms with Crippen LogP contribution in [0, 0.1) is 0 Å². The number of allylic oxidation sites excluding steroid dienone is 1. The zero-order valence-electron chi connectivity index (χ0n) is 22.1. The van der Waals surface area contributed by atoms with Gasteiger partial charge in [-0.15, -0.1) is 0 Å². The second-order valence-electron chi connectivity index (χ2n) is 7.79. The Morgan fingerprint density at radius 3 is 1.82 bits per heavy atom. The monoisotopic (exact) mass is 583 g/mol. The molecule has 0 unspecified atom stereocenters. The summed E-state index contributed by atoms with van der Waals surface area (Å²) in [5.41, 5.74) is 2.88. The number of methoxy groups -OCH3 is 6. The zero-order chi connectivity index (χ0) is 27.7. The lowest BCUT2D eigenvalue weighted by atomic mass is 10.1. The number of ether oxygens (including phenoxy) is 6. The fourth-order valence-electron chi connectivity index (χ4n) is 3.71. The summed E-state index contributed by atoms with van der Waals surface area (Å²) in [7, 11) is 9.36. The van der Waals surface area contributed by atoms with Crippen LogP contribution < -0.4 is 33.7 Å². The van der Waals surface area contributed by atoms with Crippen molar-refractivity contribution < 1.29 is 33.2 Å². The summed E-state index contributed by atoms with van der Waals surface area (Å²) in [6, 6.07) is 12.6. The lowest BCUT2D eigenvalue weighted by Gasteiger charge is -2.13. The highest BCUT2D eigenvalue weighted by Gasteiger charge is 2.13. The number of ketones is 1. The van der Waals surface area contributed by atoms with Crippen molar-refractivity contribution in [1.82, 2.24) is 0 Å².